The number of benzene rings is 3. The van der Waals surface area contributed by atoms with Crippen LogP contribution in [0.4, 0.5) is 20.2 Å². The Morgan fingerprint density at radius 3 is 2.50 bits per heavy atom. The second-order valence-corrected chi connectivity index (χ2v) is 9.06. The van der Waals surface area contributed by atoms with Crippen LogP contribution in [-0.4, -0.2) is 27.5 Å². The maximum Gasteiger partial charge on any atom is 0.387 e. The number of fused-ring (bicyclic) bond motifs is 1. The van der Waals surface area contributed by atoms with Crippen LogP contribution in [0.1, 0.15) is 22.3 Å². The van der Waals surface area contributed by atoms with Gasteiger partial charge in [0.2, 0.25) is 0 Å². The summed E-state index contributed by atoms with van der Waals surface area (Å²) >= 11 is 0. The smallest absolute Gasteiger partial charge is 0.387 e. The first-order valence-electron chi connectivity index (χ1n) is 9.91. The van der Waals surface area contributed by atoms with E-state index in [9.17, 15) is 22.0 Å². The lowest BCUT2D eigenvalue weighted by Gasteiger charge is -2.30. The van der Waals surface area contributed by atoms with Gasteiger partial charge in [0.15, 0.2) is 0 Å². The quantitative estimate of drug-likeness (QED) is 0.582. The van der Waals surface area contributed by atoms with E-state index in [1.54, 1.807) is 12.1 Å². The lowest BCUT2D eigenvalue weighted by Crippen LogP contribution is -2.35. The van der Waals surface area contributed by atoms with Crippen molar-refractivity contribution in [1.29, 1.82) is 0 Å². The minimum atomic E-state index is -3.86. The molecule has 9 heteroatoms. The molecule has 1 heterocycles. The number of carbonyl (C=O) groups is 1. The Bertz CT molecular complexity index is 1230. The number of halogens is 2. The molecule has 32 heavy (non-hydrogen) atoms. The molecule has 1 N–H and O–H groups in total. The molecule has 0 aliphatic carbocycles. The molecule has 3 aromatic rings. The fourth-order valence-corrected chi connectivity index (χ4v) is 5.18. The lowest BCUT2D eigenvalue weighted by molar-refractivity contribution is -0.0498. The number of nitrogens with zero attached hydrogens (tertiary/aromatic N) is 1. The number of ether oxygens (including phenoxy) is 1. The number of anilines is 2. The van der Waals surface area contributed by atoms with Crippen molar-refractivity contribution in [3.05, 3.63) is 83.9 Å². The first-order chi connectivity index (χ1) is 15.3. The average molecular weight is 458 g/mol. The van der Waals surface area contributed by atoms with Gasteiger partial charge in [0, 0.05) is 17.8 Å². The maximum absolute atomic E-state index is 13.3. The third-order valence-electron chi connectivity index (χ3n) is 5.09. The number of rotatable bonds is 6. The Kier molecular flexibility index (Phi) is 6.09. The van der Waals surface area contributed by atoms with Crippen molar-refractivity contribution in [3.63, 3.8) is 0 Å². The number of sulfonamides is 1. The van der Waals surface area contributed by atoms with Gasteiger partial charge in [0.25, 0.3) is 15.9 Å². The van der Waals surface area contributed by atoms with Crippen LogP contribution in [0.15, 0.2) is 77.7 Å². The van der Waals surface area contributed by atoms with Gasteiger partial charge in [-0.3, -0.25) is 9.10 Å². The molecule has 166 valence electrons. The Morgan fingerprint density at radius 2 is 1.75 bits per heavy atom. The Labute approximate surface area is 184 Å². The summed E-state index contributed by atoms with van der Waals surface area (Å²) in [7, 11) is -3.86. The van der Waals surface area contributed by atoms with Crippen LogP contribution in [0, 0.1) is 0 Å². The fourth-order valence-electron chi connectivity index (χ4n) is 3.60. The maximum atomic E-state index is 13.3. The molecule has 0 fully saturated rings. The number of para-hydroxylation sites is 1. The first kappa shape index (κ1) is 21.8. The fraction of sp³-hybridized carbons (Fsp3) is 0.174. The molecule has 1 aliphatic rings. The van der Waals surface area contributed by atoms with E-state index < -0.39 is 22.5 Å². The second kappa shape index (κ2) is 8.96. The highest BCUT2D eigenvalue weighted by Crippen LogP contribution is 2.32. The van der Waals surface area contributed by atoms with Crippen LogP contribution >= 0.6 is 0 Å². The summed E-state index contributed by atoms with van der Waals surface area (Å²) in [5.74, 6) is -0.559. The van der Waals surface area contributed by atoms with Gasteiger partial charge in [0.1, 0.15) is 5.75 Å². The monoisotopic (exact) mass is 458 g/mol. The van der Waals surface area contributed by atoms with Crippen LogP contribution in [0.5, 0.6) is 5.75 Å². The summed E-state index contributed by atoms with van der Waals surface area (Å²) in [4.78, 5) is 12.7. The molecule has 3 aromatic carbocycles. The molecule has 0 saturated carbocycles. The zero-order chi connectivity index (χ0) is 22.7. The van der Waals surface area contributed by atoms with Gasteiger partial charge >= 0.3 is 6.61 Å². The van der Waals surface area contributed by atoms with Crippen LogP contribution < -0.4 is 14.4 Å². The van der Waals surface area contributed by atoms with E-state index in [1.807, 2.05) is 12.1 Å². The van der Waals surface area contributed by atoms with Gasteiger partial charge < -0.3 is 10.1 Å². The number of nitrogens with one attached hydrogen (secondary N) is 1. The molecule has 0 bridgehead atoms. The van der Waals surface area contributed by atoms with E-state index in [-0.39, 0.29) is 16.2 Å². The normalized spacial score (nSPS) is 13.5. The molecule has 0 saturated heterocycles. The lowest BCUT2D eigenvalue weighted by atomic mass is 10.0. The minimum absolute atomic E-state index is 0.0162. The second-order valence-electron chi connectivity index (χ2n) is 7.19. The highest BCUT2D eigenvalue weighted by molar-refractivity contribution is 7.92. The number of alkyl halides is 2. The van der Waals surface area contributed by atoms with Crippen LogP contribution in [-0.2, 0) is 16.4 Å². The van der Waals surface area contributed by atoms with Crippen molar-refractivity contribution in [3.8, 4) is 5.75 Å². The highest BCUT2D eigenvalue weighted by atomic mass is 32.2. The predicted octanol–water partition coefficient (Wildman–Crippen LogP) is 4.68. The molecular weight excluding hydrogens is 438 g/mol. The SMILES string of the molecule is O=C(Nc1ccc(OC(F)F)cc1)c1cccc(S(=O)(=O)N2CCCc3ccccc32)c1. The summed E-state index contributed by atoms with van der Waals surface area (Å²) in [6.45, 7) is -2.57. The van der Waals surface area contributed by atoms with E-state index in [1.165, 1.54) is 52.8 Å². The molecular formula is C23H20F2N2O4S. The van der Waals surface area contributed by atoms with Crippen LogP contribution in [0.2, 0.25) is 0 Å². The van der Waals surface area contributed by atoms with E-state index >= 15 is 0 Å². The Morgan fingerprint density at radius 1 is 1.00 bits per heavy atom. The van der Waals surface area contributed by atoms with Crippen LogP contribution in [0.25, 0.3) is 0 Å². The highest BCUT2D eigenvalue weighted by Gasteiger charge is 2.29. The van der Waals surface area contributed by atoms with E-state index in [2.05, 4.69) is 10.1 Å². The van der Waals surface area contributed by atoms with Gasteiger partial charge in [-0.1, -0.05) is 24.3 Å². The molecule has 1 amide bonds. The molecule has 0 unspecified atom stereocenters. The van der Waals surface area contributed by atoms with Gasteiger partial charge in [-0.2, -0.15) is 8.78 Å². The summed E-state index contributed by atoms with van der Waals surface area (Å²) in [5, 5.41) is 2.62. The number of carbonyl (C=O) groups excluding carboxylic acids is 1. The third-order valence-corrected chi connectivity index (χ3v) is 6.90. The van der Waals surface area contributed by atoms with Gasteiger partial charge in [-0.25, -0.2) is 8.42 Å². The third kappa shape index (κ3) is 4.57. The number of hydrogen-bond donors (Lipinski definition) is 1. The summed E-state index contributed by atoms with van der Waals surface area (Å²) in [6, 6.07) is 18.6. The standard InChI is InChI=1S/C23H20F2N2O4S/c24-23(25)31-19-12-10-18(11-13-19)26-22(28)17-6-3-8-20(15-17)32(29,30)27-14-4-7-16-5-1-2-9-21(16)27/h1-3,5-6,8-13,15,23H,4,7,14H2,(H,26,28). The Hall–Kier alpha value is -3.46. The molecule has 4 rings (SSSR count). The van der Waals surface area contributed by atoms with Gasteiger partial charge in [-0.05, 0) is 66.9 Å². The van der Waals surface area contributed by atoms with Crippen molar-refractivity contribution in [2.75, 3.05) is 16.2 Å². The molecule has 6 nitrogen and oxygen atoms in total. The molecule has 1 aliphatic heterocycles. The molecule has 0 aromatic heterocycles. The average Bonchev–Trinajstić information content (AvgIpc) is 2.79. The van der Waals surface area contributed by atoms with E-state index in [4.69, 9.17) is 0 Å². The summed E-state index contributed by atoms with van der Waals surface area (Å²) in [6.07, 6.45) is 1.52. The summed E-state index contributed by atoms with van der Waals surface area (Å²) < 4.78 is 56.8. The topological polar surface area (TPSA) is 75.7 Å². The Balaban J connectivity index is 1.55. The van der Waals surface area contributed by atoms with Crippen molar-refractivity contribution in [2.45, 2.75) is 24.3 Å². The molecule has 0 radical (unpaired) electrons. The number of amides is 1. The largest absolute Gasteiger partial charge is 0.435 e. The zero-order valence-corrected chi connectivity index (χ0v) is 17.7. The predicted molar refractivity (Wildman–Crippen MR) is 117 cm³/mol. The van der Waals surface area contributed by atoms with Gasteiger partial charge in [0.05, 0.1) is 10.6 Å². The first-order valence-corrected chi connectivity index (χ1v) is 11.4. The van der Waals surface area contributed by atoms with Crippen molar-refractivity contribution in [2.24, 2.45) is 0 Å². The van der Waals surface area contributed by atoms with Crippen LogP contribution in [0.3, 0.4) is 0 Å². The number of aryl methyl sites for hydroxylation is 1. The van der Waals surface area contributed by atoms with Crippen molar-refractivity contribution in [1.82, 2.24) is 0 Å². The minimum Gasteiger partial charge on any atom is -0.435 e. The van der Waals surface area contributed by atoms with E-state index in [0.29, 0.717) is 24.3 Å². The van der Waals surface area contributed by atoms with Gasteiger partial charge in [-0.15, -0.1) is 0 Å². The zero-order valence-electron chi connectivity index (χ0n) is 16.9. The van der Waals surface area contributed by atoms with Crippen molar-refractivity contribution < 1.29 is 26.7 Å². The molecule has 0 spiro atoms. The van der Waals surface area contributed by atoms with E-state index in [0.717, 1.165) is 12.0 Å². The summed E-state index contributed by atoms with van der Waals surface area (Å²) in [5.41, 5.74) is 2.13. The molecule has 0 atom stereocenters. The number of hydrogen-bond acceptors (Lipinski definition) is 4. The van der Waals surface area contributed by atoms with Crippen molar-refractivity contribution >= 4 is 27.3 Å².